The lowest BCUT2D eigenvalue weighted by atomic mass is 9.96. The Bertz CT molecular complexity index is 742. The van der Waals surface area contributed by atoms with Gasteiger partial charge in [-0.25, -0.2) is 0 Å². The Morgan fingerprint density at radius 1 is 1.38 bits per heavy atom. The highest BCUT2D eigenvalue weighted by Gasteiger charge is 2.28. The van der Waals surface area contributed by atoms with Crippen molar-refractivity contribution in [2.75, 3.05) is 19.3 Å². The van der Waals surface area contributed by atoms with E-state index in [-0.39, 0.29) is 11.8 Å². The lowest BCUT2D eigenvalue weighted by Crippen LogP contribution is -2.39. The third-order valence-corrected chi connectivity index (χ3v) is 5.23. The summed E-state index contributed by atoms with van der Waals surface area (Å²) in [6.07, 6.45) is 4.22. The molecule has 7 heteroatoms. The maximum absolute atomic E-state index is 12.7. The number of aromatic nitrogens is 2. The van der Waals surface area contributed by atoms with Gasteiger partial charge in [0.25, 0.3) is 5.91 Å². The molecule has 0 radical (unpaired) electrons. The van der Waals surface area contributed by atoms with Crippen LogP contribution in [0.4, 0.5) is 0 Å². The van der Waals surface area contributed by atoms with E-state index in [1.54, 1.807) is 30.5 Å². The summed E-state index contributed by atoms with van der Waals surface area (Å²) in [6.45, 7) is 3.30. The van der Waals surface area contributed by atoms with Crippen molar-refractivity contribution in [3.05, 3.63) is 41.5 Å². The highest BCUT2D eigenvalue weighted by atomic mass is 32.2. The number of amides is 1. The van der Waals surface area contributed by atoms with Gasteiger partial charge in [0.2, 0.25) is 5.89 Å². The van der Waals surface area contributed by atoms with Crippen molar-refractivity contribution in [2.24, 2.45) is 0 Å². The van der Waals surface area contributed by atoms with Crippen molar-refractivity contribution in [2.45, 2.75) is 37.0 Å². The SMILES string of the molecule is CCc1nc([C@@H]2CCCN(C(=O)c3ccc([S@](C)=O)cc3)C2)no1. The zero-order valence-corrected chi connectivity index (χ0v) is 14.7. The Morgan fingerprint density at radius 3 is 2.75 bits per heavy atom. The fraction of sp³-hybridized carbons (Fsp3) is 0.471. The summed E-state index contributed by atoms with van der Waals surface area (Å²) in [7, 11) is -1.04. The van der Waals surface area contributed by atoms with Crippen LogP contribution in [-0.4, -0.2) is 44.5 Å². The first-order valence-corrected chi connectivity index (χ1v) is 9.69. The smallest absolute Gasteiger partial charge is 0.253 e. The van der Waals surface area contributed by atoms with E-state index in [1.165, 1.54) is 0 Å². The van der Waals surface area contributed by atoms with Crippen molar-refractivity contribution in [3.8, 4) is 0 Å². The molecule has 1 aromatic carbocycles. The van der Waals surface area contributed by atoms with Crippen LogP contribution in [-0.2, 0) is 17.2 Å². The zero-order valence-electron chi connectivity index (χ0n) is 13.9. The molecule has 128 valence electrons. The van der Waals surface area contributed by atoms with E-state index in [1.807, 2.05) is 11.8 Å². The zero-order chi connectivity index (χ0) is 17.1. The Labute approximate surface area is 143 Å². The van der Waals surface area contributed by atoms with Crippen LogP contribution >= 0.6 is 0 Å². The van der Waals surface area contributed by atoms with Gasteiger partial charge in [0, 0.05) is 52.9 Å². The van der Waals surface area contributed by atoms with Gasteiger partial charge < -0.3 is 9.42 Å². The topological polar surface area (TPSA) is 76.3 Å². The predicted octanol–water partition coefficient (Wildman–Crippen LogP) is 2.39. The third kappa shape index (κ3) is 3.56. The van der Waals surface area contributed by atoms with E-state index in [0.29, 0.717) is 30.2 Å². The van der Waals surface area contributed by atoms with E-state index < -0.39 is 10.8 Å². The second-order valence-corrected chi connectivity index (χ2v) is 7.35. The maximum Gasteiger partial charge on any atom is 0.253 e. The minimum atomic E-state index is -1.04. The molecule has 0 spiro atoms. The first-order valence-electron chi connectivity index (χ1n) is 8.13. The molecule has 1 fully saturated rings. The lowest BCUT2D eigenvalue weighted by Gasteiger charge is -2.31. The normalized spacial score (nSPS) is 19.2. The van der Waals surface area contributed by atoms with E-state index in [0.717, 1.165) is 24.3 Å². The summed E-state index contributed by atoms with van der Waals surface area (Å²) in [5.41, 5.74) is 0.618. The number of carbonyl (C=O) groups is 1. The van der Waals surface area contributed by atoms with E-state index in [4.69, 9.17) is 4.52 Å². The molecule has 1 aliphatic rings. The second-order valence-electron chi connectivity index (χ2n) is 5.97. The Morgan fingerprint density at radius 2 is 2.12 bits per heavy atom. The molecule has 24 heavy (non-hydrogen) atoms. The Kier molecular flexibility index (Phi) is 5.08. The van der Waals surface area contributed by atoms with Gasteiger partial charge in [-0.1, -0.05) is 12.1 Å². The summed E-state index contributed by atoms with van der Waals surface area (Å²) in [5.74, 6) is 1.44. The van der Waals surface area contributed by atoms with Crippen LogP contribution in [0.2, 0.25) is 0 Å². The summed E-state index contributed by atoms with van der Waals surface area (Å²) in [4.78, 5) is 19.7. The van der Waals surface area contributed by atoms with Crippen LogP contribution in [0.3, 0.4) is 0 Å². The monoisotopic (exact) mass is 347 g/mol. The molecule has 0 N–H and O–H groups in total. The predicted molar refractivity (Wildman–Crippen MR) is 90.3 cm³/mol. The van der Waals surface area contributed by atoms with Crippen molar-refractivity contribution in [1.29, 1.82) is 0 Å². The minimum absolute atomic E-state index is 0.00709. The molecule has 0 bridgehead atoms. The van der Waals surface area contributed by atoms with Gasteiger partial charge in [-0.05, 0) is 37.1 Å². The number of nitrogens with zero attached hydrogens (tertiary/aromatic N) is 3. The maximum atomic E-state index is 12.7. The standard InChI is InChI=1S/C17H21N3O3S/c1-3-15-18-16(19-23-15)13-5-4-10-20(11-13)17(21)12-6-8-14(9-7-12)24(2)22/h6-9,13H,3-5,10-11H2,1-2H3/t13-,24+/m1/s1. The number of aryl methyl sites for hydroxylation is 1. The fourth-order valence-electron chi connectivity index (χ4n) is 2.92. The van der Waals surface area contributed by atoms with Crippen LogP contribution in [0.1, 0.15) is 47.8 Å². The Hall–Kier alpha value is -2.02. The number of carbonyl (C=O) groups excluding carboxylic acids is 1. The molecule has 3 rings (SSSR count). The van der Waals surface area contributed by atoms with Crippen molar-refractivity contribution in [3.63, 3.8) is 0 Å². The molecule has 1 amide bonds. The number of rotatable bonds is 4. The van der Waals surface area contributed by atoms with Crippen LogP contribution in [0.25, 0.3) is 0 Å². The highest BCUT2D eigenvalue weighted by molar-refractivity contribution is 7.84. The van der Waals surface area contributed by atoms with E-state index in [9.17, 15) is 9.00 Å². The fourth-order valence-corrected chi connectivity index (χ4v) is 3.44. The highest BCUT2D eigenvalue weighted by Crippen LogP contribution is 2.26. The molecule has 0 saturated carbocycles. The molecule has 2 heterocycles. The van der Waals surface area contributed by atoms with Crippen molar-refractivity contribution < 1.29 is 13.5 Å². The third-order valence-electron chi connectivity index (χ3n) is 4.29. The number of hydrogen-bond donors (Lipinski definition) is 0. The average Bonchev–Trinajstić information content (AvgIpc) is 3.10. The molecule has 1 aromatic heterocycles. The van der Waals surface area contributed by atoms with Crippen LogP contribution < -0.4 is 0 Å². The molecule has 2 atom stereocenters. The molecule has 6 nitrogen and oxygen atoms in total. The van der Waals surface area contributed by atoms with Gasteiger partial charge >= 0.3 is 0 Å². The molecule has 0 aliphatic carbocycles. The quantitative estimate of drug-likeness (QED) is 0.849. The lowest BCUT2D eigenvalue weighted by molar-refractivity contribution is 0.0703. The van der Waals surface area contributed by atoms with Gasteiger partial charge in [0.15, 0.2) is 5.82 Å². The minimum Gasteiger partial charge on any atom is -0.339 e. The first kappa shape index (κ1) is 16.8. The molecule has 1 saturated heterocycles. The van der Waals surface area contributed by atoms with Crippen molar-refractivity contribution in [1.82, 2.24) is 15.0 Å². The van der Waals surface area contributed by atoms with Gasteiger partial charge in [-0.3, -0.25) is 9.00 Å². The van der Waals surface area contributed by atoms with Crippen LogP contribution in [0.5, 0.6) is 0 Å². The second kappa shape index (κ2) is 7.25. The Balaban J connectivity index is 1.71. The number of hydrogen-bond acceptors (Lipinski definition) is 5. The van der Waals surface area contributed by atoms with Crippen molar-refractivity contribution >= 4 is 16.7 Å². The average molecular weight is 347 g/mol. The van der Waals surface area contributed by atoms with E-state index in [2.05, 4.69) is 10.1 Å². The van der Waals surface area contributed by atoms with Gasteiger partial charge in [-0.15, -0.1) is 0 Å². The van der Waals surface area contributed by atoms with Crippen LogP contribution in [0.15, 0.2) is 33.7 Å². The van der Waals surface area contributed by atoms with Gasteiger partial charge in [0.1, 0.15) is 0 Å². The van der Waals surface area contributed by atoms with Gasteiger partial charge in [-0.2, -0.15) is 4.98 Å². The largest absolute Gasteiger partial charge is 0.339 e. The molecule has 2 aromatic rings. The summed E-state index contributed by atoms with van der Waals surface area (Å²) in [6, 6.07) is 6.98. The van der Waals surface area contributed by atoms with E-state index >= 15 is 0 Å². The summed E-state index contributed by atoms with van der Waals surface area (Å²) < 4.78 is 16.6. The number of benzene rings is 1. The summed E-state index contributed by atoms with van der Waals surface area (Å²) in [5, 5.41) is 4.05. The molecule has 1 aliphatic heterocycles. The summed E-state index contributed by atoms with van der Waals surface area (Å²) >= 11 is 0. The number of likely N-dealkylation sites (tertiary alicyclic amines) is 1. The number of piperidine rings is 1. The first-order chi connectivity index (χ1) is 11.6. The molecular weight excluding hydrogens is 326 g/mol. The van der Waals surface area contributed by atoms with Crippen LogP contribution in [0, 0.1) is 0 Å². The molecule has 0 unspecified atom stereocenters. The molecular formula is C17H21N3O3S. The van der Waals surface area contributed by atoms with Gasteiger partial charge in [0.05, 0.1) is 0 Å².